The van der Waals surface area contributed by atoms with Gasteiger partial charge in [-0.05, 0) is 38.0 Å². The van der Waals surface area contributed by atoms with Crippen molar-refractivity contribution in [3.8, 4) is 0 Å². The van der Waals surface area contributed by atoms with Gasteiger partial charge in [0.25, 0.3) is 0 Å². The summed E-state index contributed by atoms with van der Waals surface area (Å²) in [6.45, 7) is 8.96. The van der Waals surface area contributed by atoms with Gasteiger partial charge in [-0.3, -0.25) is 4.68 Å². The maximum atomic E-state index is 6.40. The van der Waals surface area contributed by atoms with Crippen LogP contribution in [0.5, 0.6) is 0 Å². The largest absolute Gasteiger partial charge is 0.324 e. The predicted octanol–water partition coefficient (Wildman–Crippen LogP) is 4.56. The highest BCUT2D eigenvalue weighted by atomic mass is 15.3. The Bertz CT molecular complexity index is 450. The highest BCUT2D eigenvalue weighted by Crippen LogP contribution is 2.38. The van der Waals surface area contributed by atoms with Crippen molar-refractivity contribution in [3.63, 3.8) is 0 Å². The summed E-state index contributed by atoms with van der Waals surface area (Å²) < 4.78 is 2.39. The molecule has 21 heavy (non-hydrogen) atoms. The summed E-state index contributed by atoms with van der Waals surface area (Å²) in [5.41, 5.74) is 10.4. The Morgan fingerprint density at radius 2 is 1.86 bits per heavy atom. The normalized spacial score (nSPS) is 24.2. The van der Waals surface area contributed by atoms with Gasteiger partial charge in [-0.25, -0.2) is 0 Å². The fraction of sp³-hybridized carbons (Fsp3) is 0.833. The van der Waals surface area contributed by atoms with Gasteiger partial charge in [0.2, 0.25) is 0 Å². The van der Waals surface area contributed by atoms with E-state index in [0.717, 1.165) is 25.2 Å². The second-order valence-electron chi connectivity index (χ2n) is 6.49. The van der Waals surface area contributed by atoms with Crippen LogP contribution in [0.15, 0.2) is 0 Å². The molecule has 3 heteroatoms. The predicted molar refractivity (Wildman–Crippen MR) is 89.5 cm³/mol. The first-order chi connectivity index (χ1) is 10.2. The number of aromatic nitrogens is 2. The van der Waals surface area contributed by atoms with Crippen LogP contribution in [-0.2, 0) is 12.8 Å². The summed E-state index contributed by atoms with van der Waals surface area (Å²) in [4.78, 5) is 0. The van der Waals surface area contributed by atoms with Crippen molar-refractivity contribution >= 4 is 0 Å². The van der Waals surface area contributed by atoms with Crippen molar-refractivity contribution in [1.29, 1.82) is 0 Å². The van der Waals surface area contributed by atoms with E-state index in [1.807, 2.05) is 0 Å². The molecule has 1 aromatic rings. The van der Waals surface area contributed by atoms with Crippen LogP contribution in [0.25, 0.3) is 0 Å². The summed E-state index contributed by atoms with van der Waals surface area (Å²) in [6.07, 6.45) is 9.69. The molecule has 120 valence electrons. The van der Waals surface area contributed by atoms with Gasteiger partial charge in [0.15, 0.2) is 0 Å². The Kier molecular flexibility index (Phi) is 5.86. The minimum atomic E-state index is 0.146. The summed E-state index contributed by atoms with van der Waals surface area (Å²) in [5, 5.41) is 5.03. The molecule has 0 aromatic carbocycles. The number of aryl methyl sites for hydroxylation is 1. The lowest BCUT2D eigenvalue weighted by molar-refractivity contribution is 0.212. The second-order valence-corrected chi connectivity index (χ2v) is 6.49. The van der Waals surface area contributed by atoms with Crippen LogP contribution in [0, 0.1) is 5.92 Å². The summed E-state index contributed by atoms with van der Waals surface area (Å²) in [7, 11) is 0. The van der Waals surface area contributed by atoms with E-state index in [2.05, 4.69) is 32.4 Å². The van der Waals surface area contributed by atoms with Gasteiger partial charge in [0, 0.05) is 17.3 Å². The van der Waals surface area contributed by atoms with Crippen molar-refractivity contribution in [1.82, 2.24) is 9.78 Å². The molecule has 0 aliphatic heterocycles. The second kappa shape index (κ2) is 7.44. The molecular weight excluding hydrogens is 258 g/mol. The molecule has 1 fully saturated rings. The number of nitrogens with zero attached hydrogens (tertiary/aromatic N) is 2. The van der Waals surface area contributed by atoms with Gasteiger partial charge in [-0.15, -0.1) is 0 Å². The van der Waals surface area contributed by atoms with Gasteiger partial charge in [-0.2, -0.15) is 5.10 Å². The zero-order chi connectivity index (χ0) is 15.4. The minimum Gasteiger partial charge on any atom is -0.324 e. The van der Waals surface area contributed by atoms with Crippen LogP contribution >= 0.6 is 0 Å². The van der Waals surface area contributed by atoms with Crippen LogP contribution in [0.4, 0.5) is 0 Å². The van der Waals surface area contributed by atoms with E-state index >= 15 is 0 Å². The molecule has 0 saturated heterocycles. The molecule has 1 saturated carbocycles. The van der Waals surface area contributed by atoms with Crippen molar-refractivity contribution in [2.75, 3.05) is 0 Å². The van der Waals surface area contributed by atoms with Gasteiger partial charge < -0.3 is 5.73 Å². The summed E-state index contributed by atoms with van der Waals surface area (Å²) in [6, 6.07) is 0.745. The third-order valence-corrected chi connectivity index (χ3v) is 5.31. The first-order valence-corrected chi connectivity index (χ1v) is 9.03. The lowest BCUT2D eigenvalue weighted by Crippen LogP contribution is -2.25. The van der Waals surface area contributed by atoms with Gasteiger partial charge in [-0.1, -0.05) is 47.0 Å². The first kappa shape index (κ1) is 16.5. The average Bonchev–Trinajstić information content (AvgIpc) is 2.92. The highest BCUT2D eigenvalue weighted by molar-refractivity contribution is 5.30. The first-order valence-electron chi connectivity index (χ1n) is 9.03. The number of nitrogens with two attached hydrogens (primary N) is 1. The van der Waals surface area contributed by atoms with Crippen molar-refractivity contribution in [2.24, 2.45) is 11.7 Å². The van der Waals surface area contributed by atoms with E-state index in [4.69, 9.17) is 10.8 Å². The van der Waals surface area contributed by atoms with E-state index in [9.17, 15) is 0 Å². The fourth-order valence-corrected chi connectivity index (χ4v) is 4.04. The molecule has 1 aromatic heterocycles. The fourth-order valence-electron chi connectivity index (χ4n) is 4.04. The maximum absolute atomic E-state index is 6.40. The number of rotatable bonds is 6. The Hall–Kier alpha value is -0.830. The standard InChI is InChI=1S/C18H33N3/c1-5-13-11-9-10-12-17(13)21-16(8-4)18(14(19)6-2)15(7-3)20-21/h13-14,17H,5-12,19H2,1-4H3. The van der Waals surface area contributed by atoms with E-state index < -0.39 is 0 Å². The van der Waals surface area contributed by atoms with Crippen LogP contribution in [-0.4, -0.2) is 9.78 Å². The Balaban J connectivity index is 2.45. The molecule has 1 aliphatic rings. The molecule has 3 atom stereocenters. The summed E-state index contributed by atoms with van der Waals surface area (Å²) >= 11 is 0. The highest BCUT2D eigenvalue weighted by Gasteiger charge is 2.30. The molecule has 3 nitrogen and oxygen atoms in total. The number of hydrogen-bond acceptors (Lipinski definition) is 2. The monoisotopic (exact) mass is 291 g/mol. The molecule has 3 unspecified atom stereocenters. The van der Waals surface area contributed by atoms with E-state index in [1.54, 1.807) is 0 Å². The van der Waals surface area contributed by atoms with Gasteiger partial charge in [0.1, 0.15) is 0 Å². The molecule has 2 rings (SSSR count). The third-order valence-electron chi connectivity index (χ3n) is 5.31. The maximum Gasteiger partial charge on any atom is 0.0672 e. The molecule has 1 heterocycles. The average molecular weight is 291 g/mol. The molecule has 1 aliphatic carbocycles. The van der Waals surface area contributed by atoms with Crippen LogP contribution in [0.1, 0.15) is 95.3 Å². The van der Waals surface area contributed by atoms with Crippen LogP contribution < -0.4 is 5.73 Å². The molecule has 0 bridgehead atoms. The molecule has 0 radical (unpaired) electrons. The van der Waals surface area contributed by atoms with E-state index in [0.29, 0.717) is 6.04 Å². The Morgan fingerprint density at radius 1 is 1.14 bits per heavy atom. The smallest absolute Gasteiger partial charge is 0.0672 e. The molecule has 0 amide bonds. The third kappa shape index (κ3) is 3.18. The van der Waals surface area contributed by atoms with Gasteiger partial charge >= 0.3 is 0 Å². The zero-order valence-corrected chi connectivity index (χ0v) is 14.4. The van der Waals surface area contributed by atoms with Gasteiger partial charge in [0.05, 0.1) is 11.7 Å². The molecule has 2 N–H and O–H groups in total. The molecular formula is C18H33N3. The van der Waals surface area contributed by atoms with Crippen LogP contribution in [0.2, 0.25) is 0 Å². The van der Waals surface area contributed by atoms with E-state index in [1.165, 1.54) is 49.1 Å². The molecule has 0 spiro atoms. The van der Waals surface area contributed by atoms with Crippen molar-refractivity contribution in [3.05, 3.63) is 17.0 Å². The zero-order valence-electron chi connectivity index (χ0n) is 14.4. The van der Waals surface area contributed by atoms with E-state index in [-0.39, 0.29) is 6.04 Å². The SMILES string of the molecule is CCc1nn(C2CCCCC2CC)c(CC)c1C(N)CC. The lowest BCUT2D eigenvalue weighted by atomic mass is 9.82. The minimum absolute atomic E-state index is 0.146. The summed E-state index contributed by atoms with van der Waals surface area (Å²) in [5.74, 6) is 0.791. The van der Waals surface area contributed by atoms with Crippen molar-refractivity contribution in [2.45, 2.75) is 91.1 Å². The van der Waals surface area contributed by atoms with Crippen LogP contribution in [0.3, 0.4) is 0 Å². The Morgan fingerprint density at radius 3 is 2.43 bits per heavy atom. The van der Waals surface area contributed by atoms with Crippen molar-refractivity contribution < 1.29 is 0 Å². The topological polar surface area (TPSA) is 43.8 Å². The quantitative estimate of drug-likeness (QED) is 0.835. The lowest BCUT2D eigenvalue weighted by Gasteiger charge is -2.32. The Labute approximate surface area is 130 Å². The number of hydrogen-bond donors (Lipinski definition) is 1.